The van der Waals surface area contributed by atoms with E-state index in [4.69, 9.17) is 15.0 Å². The van der Waals surface area contributed by atoms with Gasteiger partial charge in [0, 0.05) is 27.6 Å². The van der Waals surface area contributed by atoms with E-state index in [9.17, 15) is 8.78 Å². The van der Waals surface area contributed by atoms with Crippen molar-refractivity contribution in [3.05, 3.63) is 107 Å². The number of allylic oxidation sites excluding steroid dienone is 2. The van der Waals surface area contributed by atoms with Crippen molar-refractivity contribution >= 4 is 17.1 Å². The molecule has 0 saturated carbocycles. The summed E-state index contributed by atoms with van der Waals surface area (Å²) in [6.07, 6.45) is 5.69. The largest absolute Gasteiger partial charge is 0.353 e. The van der Waals surface area contributed by atoms with Crippen molar-refractivity contribution < 1.29 is 8.78 Å². The Balaban J connectivity index is 1.67. The third-order valence-electron chi connectivity index (χ3n) is 6.06. The summed E-state index contributed by atoms with van der Waals surface area (Å²) in [6, 6.07) is 17.0. The average molecular weight is 432 g/mol. The minimum atomic E-state index is -0.428. The highest BCUT2D eigenvalue weighted by Crippen LogP contribution is 2.41. The first-order chi connectivity index (χ1) is 16.1. The third kappa shape index (κ3) is 2.70. The Kier molecular flexibility index (Phi) is 3.59. The molecule has 2 aromatic carbocycles. The van der Waals surface area contributed by atoms with E-state index in [2.05, 4.69) is 5.32 Å². The zero-order valence-corrected chi connectivity index (χ0v) is 17.1. The quantitative estimate of drug-likeness (QED) is 0.388. The summed E-state index contributed by atoms with van der Waals surface area (Å²) in [5.74, 6) is -0.844. The number of hydrogen-bond donors (Lipinski definition) is 1. The molecule has 0 amide bonds. The minimum Gasteiger partial charge on any atom is -0.353 e. The van der Waals surface area contributed by atoms with Gasteiger partial charge in [-0.15, -0.1) is 0 Å². The maximum Gasteiger partial charge on any atom is 0.124 e. The molecule has 4 nitrogen and oxygen atoms in total. The monoisotopic (exact) mass is 432 g/mol. The molecule has 2 aromatic heterocycles. The second kappa shape index (κ2) is 6.53. The van der Waals surface area contributed by atoms with E-state index in [1.54, 1.807) is 0 Å². The number of dihydropyridines is 1. The van der Waals surface area contributed by atoms with Gasteiger partial charge in [-0.3, -0.25) is 0 Å². The number of nitrogens with zero attached hydrogens (tertiary/aromatic N) is 3. The Labute approximate surface area is 187 Å². The topological polar surface area (TPSA) is 50.2 Å². The van der Waals surface area contributed by atoms with Crippen molar-refractivity contribution in [2.75, 3.05) is 0 Å². The van der Waals surface area contributed by atoms with Crippen LogP contribution in [0.1, 0.15) is 5.69 Å². The highest BCUT2D eigenvalue weighted by atomic mass is 19.1. The van der Waals surface area contributed by atoms with Crippen LogP contribution in [0.2, 0.25) is 0 Å². The second-order valence-corrected chi connectivity index (χ2v) is 8.11. The predicted molar refractivity (Wildman–Crippen MR) is 122 cm³/mol. The summed E-state index contributed by atoms with van der Waals surface area (Å²) in [6.45, 7) is 0. The number of hydrogen-bond acceptors (Lipinski definition) is 4. The molecule has 7 rings (SSSR count). The normalized spacial score (nSPS) is 14.2. The summed E-state index contributed by atoms with van der Waals surface area (Å²) in [5.41, 5.74) is 6.41. The molecule has 0 atom stereocenters. The van der Waals surface area contributed by atoms with Crippen LogP contribution in [0.15, 0.2) is 83.9 Å². The van der Waals surface area contributed by atoms with E-state index >= 15 is 0 Å². The molecule has 156 valence electrons. The van der Waals surface area contributed by atoms with Gasteiger partial charge in [-0.05, 0) is 60.7 Å². The Bertz CT molecular complexity index is 1720. The summed E-state index contributed by atoms with van der Waals surface area (Å²) in [5, 5.41) is 4.58. The molecule has 0 spiro atoms. The Hall–Kier alpha value is -4.45. The van der Waals surface area contributed by atoms with Gasteiger partial charge in [0.2, 0.25) is 0 Å². The van der Waals surface area contributed by atoms with Gasteiger partial charge in [0.1, 0.15) is 11.6 Å². The molecule has 3 aliphatic rings. The van der Waals surface area contributed by atoms with E-state index < -0.39 is 11.6 Å². The maximum atomic E-state index is 14.8. The summed E-state index contributed by atoms with van der Waals surface area (Å²) in [7, 11) is 0. The molecule has 5 heterocycles. The Morgan fingerprint density at radius 1 is 0.697 bits per heavy atom. The molecule has 1 N–H and O–H groups in total. The van der Waals surface area contributed by atoms with Crippen LogP contribution in [0, 0.1) is 11.6 Å². The van der Waals surface area contributed by atoms with Crippen molar-refractivity contribution in [3.63, 3.8) is 0 Å². The fourth-order valence-electron chi connectivity index (χ4n) is 4.59. The second-order valence-electron chi connectivity index (χ2n) is 8.11. The van der Waals surface area contributed by atoms with Crippen molar-refractivity contribution in [2.24, 2.45) is 4.99 Å². The number of benzene rings is 2. The molecule has 0 fully saturated rings. The van der Waals surface area contributed by atoms with Crippen molar-refractivity contribution in [1.29, 1.82) is 0 Å². The zero-order chi connectivity index (χ0) is 22.1. The lowest BCUT2D eigenvalue weighted by molar-refractivity contribution is 0.625. The number of rotatable bonds is 0. The maximum absolute atomic E-state index is 14.8. The van der Waals surface area contributed by atoms with Crippen LogP contribution in [0.5, 0.6) is 0 Å². The summed E-state index contributed by atoms with van der Waals surface area (Å²) >= 11 is 0. The van der Waals surface area contributed by atoms with E-state index in [0.29, 0.717) is 55.7 Å². The molecule has 3 aliphatic heterocycles. The summed E-state index contributed by atoms with van der Waals surface area (Å²) < 4.78 is 29.6. The Morgan fingerprint density at radius 2 is 1.36 bits per heavy atom. The van der Waals surface area contributed by atoms with E-state index in [1.165, 1.54) is 24.3 Å². The number of nitrogens with one attached hydrogen (secondary N) is 1. The van der Waals surface area contributed by atoms with Crippen molar-refractivity contribution in [1.82, 2.24) is 15.3 Å². The fraction of sp³-hybridized carbons (Fsp3) is 0. The number of halogens is 2. The molecule has 8 bridgehead atoms. The van der Waals surface area contributed by atoms with Gasteiger partial charge in [0.25, 0.3) is 0 Å². The zero-order valence-electron chi connectivity index (χ0n) is 17.1. The molecule has 0 radical (unpaired) electrons. The van der Waals surface area contributed by atoms with Gasteiger partial charge in [-0.1, -0.05) is 18.2 Å². The van der Waals surface area contributed by atoms with Gasteiger partial charge in [0.05, 0.1) is 39.5 Å². The van der Waals surface area contributed by atoms with Crippen LogP contribution in [0.4, 0.5) is 14.5 Å². The third-order valence-corrected chi connectivity index (χ3v) is 6.06. The van der Waals surface area contributed by atoms with Crippen LogP contribution >= 0.6 is 0 Å². The van der Waals surface area contributed by atoms with Gasteiger partial charge in [-0.25, -0.2) is 23.7 Å². The SMILES string of the molecule is Fc1cc2c3c(c1)-c1cc(F)cc(c1=N3)=C1C=CC=C(N1)c1cccc(n1)-c1cccc-2n1. The Morgan fingerprint density at radius 3 is 2.21 bits per heavy atom. The number of aromatic nitrogens is 2. The standard InChI is InChI=1S/C27H14F2N4/c28-14-10-16-17-11-15(29)13-19-21-5-2-7-23(31-21)25-9-3-8-24(32-25)22-6-1-4-20(30-22)18(12-14)26(16)33-27(17)19/h1-13,30H. The lowest BCUT2D eigenvalue weighted by Crippen LogP contribution is -2.32. The van der Waals surface area contributed by atoms with Crippen LogP contribution < -0.4 is 15.9 Å². The molecule has 4 aromatic rings. The van der Waals surface area contributed by atoms with Crippen LogP contribution in [-0.2, 0) is 0 Å². The van der Waals surface area contributed by atoms with E-state index in [-0.39, 0.29) is 0 Å². The van der Waals surface area contributed by atoms with Gasteiger partial charge < -0.3 is 5.32 Å². The summed E-state index contributed by atoms with van der Waals surface area (Å²) in [4.78, 5) is 14.5. The van der Waals surface area contributed by atoms with Gasteiger partial charge in [-0.2, -0.15) is 0 Å². The fourth-order valence-corrected chi connectivity index (χ4v) is 4.59. The molecule has 0 saturated heterocycles. The van der Waals surface area contributed by atoms with Gasteiger partial charge >= 0.3 is 0 Å². The molecule has 0 unspecified atom stereocenters. The number of pyridine rings is 2. The van der Waals surface area contributed by atoms with E-state index in [1.807, 2.05) is 54.6 Å². The molecule has 6 heteroatoms. The molecular formula is C27H14F2N4. The van der Waals surface area contributed by atoms with Crippen LogP contribution in [0.25, 0.3) is 45.2 Å². The first-order valence-electron chi connectivity index (χ1n) is 10.5. The highest BCUT2D eigenvalue weighted by Gasteiger charge is 2.23. The smallest absolute Gasteiger partial charge is 0.124 e. The van der Waals surface area contributed by atoms with E-state index in [0.717, 1.165) is 11.4 Å². The molecular weight excluding hydrogens is 418 g/mol. The van der Waals surface area contributed by atoms with Crippen LogP contribution in [0.3, 0.4) is 0 Å². The number of fused-ring (bicyclic) bond motifs is 10. The van der Waals surface area contributed by atoms with Gasteiger partial charge in [0.15, 0.2) is 0 Å². The average Bonchev–Trinajstić information content (AvgIpc) is 3.21. The highest BCUT2D eigenvalue weighted by molar-refractivity contribution is 5.91. The van der Waals surface area contributed by atoms with Crippen molar-refractivity contribution in [3.8, 4) is 33.8 Å². The first-order valence-corrected chi connectivity index (χ1v) is 10.5. The van der Waals surface area contributed by atoms with Crippen LogP contribution in [-0.4, -0.2) is 9.97 Å². The lowest BCUT2D eigenvalue weighted by Gasteiger charge is -2.16. The molecule has 0 aliphatic carbocycles. The minimum absolute atomic E-state index is 0.416. The molecule has 33 heavy (non-hydrogen) atoms. The van der Waals surface area contributed by atoms with Crippen molar-refractivity contribution in [2.45, 2.75) is 0 Å². The first kappa shape index (κ1) is 18.2. The lowest BCUT2D eigenvalue weighted by atomic mass is 9.99. The predicted octanol–water partition coefficient (Wildman–Crippen LogP) is 4.64.